The molecule has 0 spiro atoms. The molecule has 0 atom stereocenters. The van der Waals surface area contributed by atoms with Gasteiger partial charge in [0.2, 0.25) is 0 Å². The minimum atomic E-state index is -0.400. The molecule has 1 N–H and O–H groups in total. The Kier molecular flexibility index (Phi) is 7.53. The van der Waals surface area contributed by atoms with E-state index in [2.05, 4.69) is 24.1 Å². The summed E-state index contributed by atoms with van der Waals surface area (Å²) in [6.07, 6.45) is 1.12. The zero-order valence-corrected chi connectivity index (χ0v) is 13.1. The monoisotopic (exact) mass is 295 g/mol. The average Bonchev–Trinajstić information content (AvgIpc) is 2.46. The zero-order valence-electron chi connectivity index (χ0n) is 13.1. The fourth-order valence-electron chi connectivity index (χ4n) is 2.14. The fourth-order valence-corrected chi connectivity index (χ4v) is 2.14. The summed E-state index contributed by atoms with van der Waals surface area (Å²) in [4.78, 5) is 12.9. The molecule has 0 bridgehead atoms. The van der Waals surface area contributed by atoms with Gasteiger partial charge in [-0.1, -0.05) is 13.8 Å². The number of nitrogens with zero attached hydrogens (tertiary/aromatic N) is 2. The minimum absolute atomic E-state index is 0.0457. The van der Waals surface area contributed by atoms with Gasteiger partial charge in [-0.25, -0.2) is 0 Å². The summed E-state index contributed by atoms with van der Waals surface area (Å²) in [6, 6.07) is 4.79. The molecule has 0 saturated carbocycles. The lowest BCUT2D eigenvalue weighted by molar-refractivity contribution is -0.384. The normalized spacial score (nSPS) is 10.7. The maximum atomic E-state index is 10.9. The van der Waals surface area contributed by atoms with Crippen LogP contribution in [0.4, 0.5) is 11.4 Å². The van der Waals surface area contributed by atoms with Crippen molar-refractivity contribution in [2.75, 3.05) is 38.1 Å². The molecule has 0 amide bonds. The van der Waals surface area contributed by atoms with Crippen LogP contribution in [0.3, 0.4) is 0 Å². The maximum Gasteiger partial charge on any atom is 0.275 e. The molecule has 0 unspecified atom stereocenters. The highest BCUT2D eigenvalue weighted by Gasteiger charge is 2.10. The topological polar surface area (TPSA) is 67.6 Å². The van der Waals surface area contributed by atoms with Crippen LogP contribution in [-0.2, 0) is 0 Å². The van der Waals surface area contributed by atoms with Crippen molar-refractivity contribution in [2.24, 2.45) is 0 Å². The van der Waals surface area contributed by atoms with Crippen LogP contribution in [0.2, 0.25) is 0 Å². The maximum absolute atomic E-state index is 10.9. The first-order chi connectivity index (χ1) is 10.1. The summed E-state index contributed by atoms with van der Waals surface area (Å²) < 4.78 is 5.37. The minimum Gasteiger partial charge on any atom is -0.494 e. The first kappa shape index (κ1) is 17.2. The number of nitrogens with one attached hydrogen (secondary N) is 1. The van der Waals surface area contributed by atoms with E-state index in [1.165, 1.54) is 6.07 Å². The largest absolute Gasteiger partial charge is 0.494 e. The zero-order chi connectivity index (χ0) is 15.7. The van der Waals surface area contributed by atoms with Crippen molar-refractivity contribution >= 4 is 11.4 Å². The SMILES string of the molecule is CCCN(CC)CCNc1cc(OCC)cc([N+](=O)[O-])c1. The van der Waals surface area contributed by atoms with Crippen LogP contribution in [0.15, 0.2) is 18.2 Å². The lowest BCUT2D eigenvalue weighted by Gasteiger charge is -2.20. The quantitative estimate of drug-likeness (QED) is 0.530. The lowest BCUT2D eigenvalue weighted by Crippen LogP contribution is -2.29. The van der Waals surface area contributed by atoms with Crippen molar-refractivity contribution < 1.29 is 9.66 Å². The molecule has 0 aliphatic rings. The van der Waals surface area contributed by atoms with E-state index in [1.54, 1.807) is 12.1 Å². The standard InChI is InChI=1S/C15H25N3O3/c1-4-8-17(5-2)9-7-16-13-10-14(18(19)20)12-15(11-13)21-6-3/h10-12,16H,4-9H2,1-3H3. The molecule has 0 aromatic heterocycles. The van der Waals surface area contributed by atoms with Gasteiger partial charge in [0.1, 0.15) is 5.75 Å². The third-order valence-corrected chi connectivity index (χ3v) is 3.16. The Morgan fingerprint density at radius 2 is 2.00 bits per heavy atom. The third-order valence-electron chi connectivity index (χ3n) is 3.16. The van der Waals surface area contributed by atoms with Gasteiger partial charge in [-0.3, -0.25) is 10.1 Å². The van der Waals surface area contributed by atoms with E-state index >= 15 is 0 Å². The summed E-state index contributed by atoms with van der Waals surface area (Å²) >= 11 is 0. The molecule has 21 heavy (non-hydrogen) atoms. The molecule has 0 fully saturated rings. The highest BCUT2D eigenvalue weighted by molar-refractivity contribution is 5.56. The Bertz CT molecular complexity index is 452. The predicted octanol–water partition coefficient (Wildman–Crippen LogP) is 3.14. The van der Waals surface area contributed by atoms with Crippen LogP contribution in [-0.4, -0.2) is 42.6 Å². The van der Waals surface area contributed by atoms with Crippen molar-refractivity contribution in [1.82, 2.24) is 4.90 Å². The van der Waals surface area contributed by atoms with Gasteiger partial charge in [-0.05, 0) is 26.4 Å². The summed E-state index contributed by atoms with van der Waals surface area (Å²) in [6.45, 7) is 10.4. The van der Waals surface area contributed by atoms with E-state index in [9.17, 15) is 10.1 Å². The van der Waals surface area contributed by atoms with Gasteiger partial charge in [0.25, 0.3) is 5.69 Å². The molecule has 0 heterocycles. The molecule has 0 aliphatic heterocycles. The van der Waals surface area contributed by atoms with Crippen LogP contribution in [0.1, 0.15) is 27.2 Å². The van der Waals surface area contributed by atoms with E-state index in [0.717, 1.165) is 38.3 Å². The number of non-ortho nitro benzene ring substituents is 1. The van der Waals surface area contributed by atoms with Crippen molar-refractivity contribution in [3.63, 3.8) is 0 Å². The third kappa shape index (κ3) is 5.99. The van der Waals surface area contributed by atoms with Gasteiger partial charge in [-0.15, -0.1) is 0 Å². The number of ether oxygens (including phenoxy) is 1. The molecule has 1 rings (SSSR count). The smallest absolute Gasteiger partial charge is 0.275 e. The molecular weight excluding hydrogens is 270 g/mol. The number of anilines is 1. The Labute approximate surface area is 126 Å². The second-order valence-corrected chi connectivity index (χ2v) is 4.77. The van der Waals surface area contributed by atoms with Crippen molar-refractivity contribution in [3.8, 4) is 5.75 Å². The van der Waals surface area contributed by atoms with Gasteiger partial charge in [0.15, 0.2) is 0 Å². The molecule has 6 heteroatoms. The molecule has 6 nitrogen and oxygen atoms in total. The molecule has 0 saturated heterocycles. The number of hydrogen-bond acceptors (Lipinski definition) is 5. The van der Waals surface area contributed by atoms with Gasteiger partial charge >= 0.3 is 0 Å². The predicted molar refractivity (Wildman–Crippen MR) is 85.2 cm³/mol. The Morgan fingerprint density at radius 3 is 2.57 bits per heavy atom. The molecular formula is C15H25N3O3. The first-order valence-electron chi connectivity index (χ1n) is 7.49. The number of hydrogen-bond donors (Lipinski definition) is 1. The molecule has 1 aromatic carbocycles. The molecule has 1 aromatic rings. The highest BCUT2D eigenvalue weighted by atomic mass is 16.6. The van der Waals surface area contributed by atoms with Crippen LogP contribution >= 0.6 is 0 Å². The Hall–Kier alpha value is -1.82. The lowest BCUT2D eigenvalue weighted by atomic mass is 10.2. The molecule has 0 radical (unpaired) electrons. The van der Waals surface area contributed by atoms with Crippen LogP contribution in [0.25, 0.3) is 0 Å². The van der Waals surface area contributed by atoms with Crippen molar-refractivity contribution in [2.45, 2.75) is 27.2 Å². The number of likely N-dealkylation sites (N-methyl/N-ethyl adjacent to an activating group) is 1. The van der Waals surface area contributed by atoms with Gasteiger partial charge < -0.3 is 15.0 Å². The van der Waals surface area contributed by atoms with Crippen LogP contribution in [0, 0.1) is 10.1 Å². The number of nitro benzene ring substituents is 1. The van der Waals surface area contributed by atoms with E-state index in [4.69, 9.17) is 4.74 Å². The first-order valence-corrected chi connectivity index (χ1v) is 7.49. The van der Waals surface area contributed by atoms with Gasteiger partial charge in [-0.2, -0.15) is 0 Å². The van der Waals surface area contributed by atoms with Gasteiger partial charge in [0, 0.05) is 30.9 Å². The number of rotatable bonds is 10. The van der Waals surface area contributed by atoms with Gasteiger partial charge in [0.05, 0.1) is 17.6 Å². The van der Waals surface area contributed by atoms with Crippen LogP contribution < -0.4 is 10.1 Å². The summed E-state index contributed by atoms with van der Waals surface area (Å²) in [5.41, 5.74) is 0.768. The van der Waals surface area contributed by atoms with E-state index < -0.39 is 4.92 Å². The van der Waals surface area contributed by atoms with E-state index in [-0.39, 0.29) is 5.69 Å². The van der Waals surface area contributed by atoms with E-state index in [0.29, 0.717) is 12.4 Å². The fraction of sp³-hybridized carbons (Fsp3) is 0.600. The number of nitro groups is 1. The van der Waals surface area contributed by atoms with E-state index in [1.807, 2.05) is 6.92 Å². The Balaban J connectivity index is 2.66. The van der Waals surface area contributed by atoms with Crippen molar-refractivity contribution in [3.05, 3.63) is 28.3 Å². The molecule has 118 valence electrons. The summed E-state index contributed by atoms with van der Waals surface area (Å²) in [7, 11) is 0. The number of benzene rings is 1. The molecule has 0 aliphatic carbocycles. The Morgan fingerprint density at radius 1 is 1.24 bits per heavy atom. The second-order valence-electron chi connectivity index (χ2n) is 4.77. The van der Waals surface area contributed by atoms with Crippen molar-refractivity contribution in [1.29, 1.82) is 0 Å². The van der Waals surface area contributed by atoms with Crippen LogP contribution in [0.5, 0.6) is 5.75 Å². The average molecular weight is 295 g/mol. The summed E-state index contributed by atoms with van der Waals surface area (Å²) in [5.74, 6) is 0.523. The second kappa shape index (κ2) is 9.18. The highest BCUT2D eigenvalue weighted by Crippen LogP contribution is 2.25. The summed E-state index contributed by atoms with van der Waals surface area (Å²) in [5, 5.41) is 14.2.